The molecular formula is C16H18N2O3S. The summed E-state index contributed by atoms with van der Waals surface area (Å²) in [6, 6.07) is 5.22. The first kappa shape index (κ1) is 14.8. The summed E-state index contributed by atoms with van der Waals surface area (Å²) >= 11 is 1.53. The van der Waals surface area contributed by atoms with E-state index in [9.17, 15) is 4.79 Å². The number of hydrogen-bond acceptors (Lipinski definition) is 5. The quantitative estimate of drug-likeness (QED) is 0.853. The van der Waals surface area contributed by atoms with Crippen molar-refractivity contribution in [1.29, 1.82) is 0 Å². The predicted octanol–water partition coefficient (Wildman–Crippen LogP) is 2.87. The van der Waals surface area contributed by atoms with Crippen molar-refractivity contribution in [2.45, 2.75) is 19.4 Å². The number of nitrogens with one attached hydrogen (secondary N) is 1. The number of carbonyl (C=O) groups is 1. The molecule has 1 N–H and O–H groups in total. The van der Waals surface area contributed by atoms with Crippen LogP contribution in [0, 0.1) is 5.92 Å². The molecule has 1 aromatic carbocycles. The Labute approximate surface area is 133 Å². The molecule has 0 saturated heterocycles. The van der Waals surface area contributed by atoms with E-state index in [0.717, 1.165) is 12.2 Å². The van der Waals surface area contributed by atoms with Crippen LogP contribution in [0.1, 0.15) is 28.9 Å². The van der Waals surface area contributed by atoms with Gasteiger partial charge in [0.15, 0.2) is 11.5 Å². The number of carbonyl (C=O) groups excluding carboxylic acids is 1. The molecule has 1 fully saturated rings. The second-order valence-corrected chi connectivity index (χ2v) is 6.01. The first-order valence-corrected chi connectivity index (χ1v) is 8.16. The zero-order valence-electron chi connectivity index (χ0n) is 12.4. The Morgan fingerprint density at radius 3 is 2.95 bits per heavy atom. The molecule has 6 heteroatoms. The van der Waals surface area contributed by atoms with Crippen molar-refractivity contribution in [3.63, 3.8) is 0 Å². The standard InChI is InChI=1S/C16H18N2O3S/c1-20-15-6-12(16(19)17-7-11-2-3-11)4-5-14(15)21-8-13-9-22-10-18-13/h4-6,9-11H,2-3,7-8H2,1H3,(H,17,19). The topological polar surface area (TPSA) is 60.5 Å². The molecule has 0 bridgehead atoms. The summed E-state index contributed by atoms with van der Waals surface area (Å²) in [6.07, 6.45) is 2.43. The summed E-state index contributed by atoms with van der Waals surface area (Å²) in [5, 5.41) is 4.88. The number of aromatic nitrogens is 1. The highest BCUT2D eigenvalue weighted by molar-refractivity contribution is 7.07. The minimum Gasteiger partial charge on any atom is -0.493 e. The number of amides is 1. The summed E-state index contributed by atoms with van der Waals surface area (Å²) in [4.78, 5) is 16.3. The van der Waals surface area contributed by atoms with E-state index < -0.39 is 0 Å². The maximum atomic E-state index is 12.1. The second-order valence-electron chi connectivity index (χ2n) is 5.29. The van der Waals surface area contributed by atoms with Crippen LogP contribution in [0.2, 0.25) is 0 Å². The van der Waals surface area contributed by atoms with Crippen molar-refractivity contribution in [1.82, 2.24) is 10.3 Å². The predicted molar refractivity (Wildman–Crippen MR) is 84.5 cm³/mol. The molecule has 1 amide bonds. The lowest BCUT2D eigenvalue weighted by Crippen LogP contribution is -2.25. The van der Waals surface area contributed by atoms with E-state index in [1.54, 1.807) is 30.8 Å². The Balaban J connectivity index is 1.64. The fourth-order valence-corrected chi connectivity index (χ4v) is 2.59. The van der Waals surface area contributed by atoms with Crippen LogP contribution in [0.3, 0.4) is 0 Å². The van der Waals surface area contributed by atoms with Gasteiger partial charge in [0.25, 0.3) is 5.91 Å². The fraction of sp³-hybridized carbons (Fsp3) is 0.375. The summed E-state index contributed by atoms with van der Waals surface area (Å²) in [5.74, 6) is 1.74. The van der Waals surface area contributed by atoms with Crippen molar-refractivity contribution in [3.05, 3.63) is 40.3 Å². The molecule has 116 valence electrons. The number of rotatable bonds is 7. The van der Waals surface area contributed by atoms with Gasteiger partial charge < -0.3 is 14.8 Å². The van der Waals surface area contributed by atoms with Gasteiger partial charge >= 0.3 is 0 Å². The van der Waals surface area contributed by atoms with Crippen LogP contribution in [-0.2, 0) is 6.61 Å². The zero-order chi connectivity index (χ0) is 15.4. The maximum Gasteiger partial charge on any atom is 0.251 e. The van der Waals surface area contributed by atoms with Gasteiger partial charge in [-0.25, -0.2) is 4.98 Å². The number of hydrogen-bond donors (Lipinski definition) is 1. The van der Waals surface area contributed by atoms with Crippen LogP contribution in [0.15, 0.2) is 29.1 Å². The molecule has 0 atom stereocenters. The van der Waals surface area contributed by atoms with Gasteiger partial charge in [-0.05, 0) is 37.0 Å². The molecule has 5 nitrogen and oxygen atoms in total. The van der Waals surface area contributed by atoms with E-state index in [1.165, 1.54) is 24.2 Å². The number of benzene rings is 1. The molecule has 1 aliphatic rings. The highest BCUT2D eigenvalue weighted by Gasteiger charge is 2.22. The van der Waals surface area contributed by atoms with E-state index in [1.807, 2.05) is 5.38 Å². The third kappa shape index (κ3) is 3.76. The summed E-state index contributed by atoms with van der Waals surface area (Å²) in [5.41, 5.74) is 3.22. The van der Waals surface area contributed by atoms with Gasteiger partial charge in [0.1, 0.15) is 6.61 Å². The maximum absolute atomic E-state index is 12.1. The van der Waals surface area contributed by atoms with Gasteiger partial charge in [0, 0.05) is 17.5 Å². The number of nitrogens with zero attached hydrogens (tertiary/aromatic N) is 1. The van der Waals surface area contributed by atoms with Gasteiger partial charge in [-0.2, -0.15) is 0 Å². The van der Waals surface area contributed by atoms with E-state index in [0.29, 0.717) is 29.6 Å². The van der Waals surface area contributed by atoms with E-state index >= 15 is 0 Å². The molecule has 1 saturated carbocycles. The van der Waals surface area contributed by atoms with Gasteiger partial charge in [0.05, 0.1) is 18.3 Å². The SMILES string of the molecule is COc1cc(C(=O)NCC2CC2)ccc1OCc1cscn1. The van der Waals surface area contributed by atoms with Crippen LogP contribution in [0.5, 0.6) is 11.5 Å². The second kappa shape index (κ2) is 6.79. The van der Waals surface area contributed by atoms with E-state index in [2.05, 4.69) is 10.3 Å². The molecule has 0 spiro atoms. The van der Waals surface area contributed by atoms with Crippen molar-refractivity contribution in [2.75, 3.05) is 13.7 Å². The highest BCUT2D eigenvalue weighted by atomic mass is 32.1. The van der Waals surface area contributed by atoms with Crippen molar-refractivity contribution >= 4 is 17.2 Å². The Morgan fingerprint density at radius 1 is 1.41 bits per heavy atom. The molecule has 2 aromatic rings. The lowest BCUT2D eigenvalue weighted by Gasteiger charge is -2.11. The minimum atomic E-state index is -0.0729. The monoisotopic (exact) mass is 318 g/mol. The van der Waals surface area contributed by atoms with Crippen molar-refractivity contribution < 1.29 is 14.3 Å². The smallest absolute Gasteiger partial charge is 0.251 e. The molecule has 0 aliphatic heterocycles. The molecule has 1 aromatic heterocycles. The van der Waals surface area contributed by atoms with Gasteiger partial charge in [0.2, 0.25) is 0 Å². The van der Waals surface area contributed by atoms with Gasteiger partial charge in [-0.15, -0.1) is 11.3 Å². The van der Waals surface area contributed by atoms with Crippen molar-refractivity contribution in [2.24, 2.45) is 5.92 Å². The molecule has 22 heavy (non-hydrogen) atoms. The van der Waals surface area contributed by atoms with Crippen LogP contribution >= 0.6 is 11.3 Å². The van der Waals surface area contributed by atoms with Crippen LogP contribution in [0.25, 0.3) is 0 Å². The molecule has 1 aliphatic carbocycles. The molecule has 1 heterocycles. The number of thiazole rings is 1. The highest BCUT2D eigenvalue weighted by Crippen LogP contribution is 2.30. The average molecular weight is 318 g/mol. The Kier molecular flexibility index (Phi) is 4.58. The van der Waals surface area contributed by atoms with Crippen LogP contribution < -0.4 is 14.8 Å². The summed E-state index contributed by atoms with van der Waals surface area (Å²) in [6.45, 7) is 1.14. The van der Waals surface area contributed by atoms with E-state index in [4.69, 9.17) is 9.47 Å². The first-order chi connectivity index (χ1) is 10.8. The normalized spacial score (nSPS) is 13.7. The first-order valence-electron chi connectivity index (χ1n) is 7.22. The summed E-state index contributed by atoms with van der Waals surface area (Å²) < 4.78 is 11.0. The van der Waals surface area contributed by atoms with Gasteiger partial charge in [-0.3, -0.25) is 4.79 Å². The Hall–Kier alpha value is -2.08. The lowest BCUT2D eigenvalue weighted by atomic mass is 10.2. The average Bonchev–Trinajstić information content (AvgIpc) is 3.24. The van der Waals surface area contributed by atoms with Crippen molar-refractivity contribution in [3.8, 4) is 11.5 Å². The fourth-order valence-electron chi connectivity index (χ4n) is 2.05. The Bertz CT molecular complexity index is 639. The third-order valence-corrected chi connectivity index (χ3v) is 4.17. The number of ether oxygens (including phenoxy) is 2. The molecule has 0 radical (unpaired) electrons. The zero-order valence-corrected chi connectivity index (χ0v) is 13.2. The largest absolute Gasteiger partial charge is 0.493 e. The van der Waals surface area contributed by atoms with E-state index in [-0.39, 0.29) is 5.91 Å². The molecule has 0 unspecified atom stereocenters. The third-order valence-electron chi connectivity index (χ3n) is 3.53. The summed E-state index contributed by atoms with van der Waals surface area (Å²) in [7, 11) is 1.57. The Morgan fingerprint density at radius 2 is 2.27 bits per heavy atom. The van der Waals surface area contributed by atoms with Crippen LogP contribution in [-0.4, -0.2) is 24.5 Å². The molecular weight excluding hydrogens is 300 g/mol. The minimum absolute atomic E-state index is 0.0729. The molecule has 3 rings (SSSR count). The number of methoxy groups -OCH3 is 1. The lowest BCUT2D eigenvalue weighted by molar-refractivity contribution is 0.0951. The van der Waals surface area contributed by atoms with Gasteiger partial charge in [-0.1, -0.05) is 0 Å². The van der Waals surface area contributed by atoms with Crippen LogP contribution in [0.4, 0.5) is 0 Å².